The molecule has 1 aliphatic rings. The lowest BCUT2D eigenvalue weighted by Gasteiger charge is -2.21. The van der Waals surface area contributed by atoms with Gasteiger partial charge < -0.3 is 20.7 Å². The van der Waals surface area contributed by atoms with Gasteiger partial charge in [0.15, 0.2) is 0 Å². The molecule has 0 aliphatic carbocycles. The number of amides is 1. The first-order valence-corrected chi connectivity index (χ1v) is 6.64. The van der Waals surface area contributed by atoms with Crippen molar-refractivity contribution in [3.8, 4) is 5.75 Å². The number of rotatable bonds is 2. The molecule has 1 fully saturated rings. The van der Waals surface area contributed by atoms with Gasteiger partial charge in [-0.1, -0.05) is 11.6 Å². The van der Waals surface area contributed by atoms with Crippen LogP contribution in [0.2, 0.25) is 5.02 Å². The largest absolute Gasteiger partial charge is 0.496 e. The summed E-state index contributed by atoms with van der Waals surface area (Å²) in [5, 5.41) is 3.63. The van der Waals surface area contributed by atoms with Crippen molar-refractivity contribution < 1.29 is 9.53 Å². The smallest absolute Gasteiger partial charge is 0.257 e. The zero-order valence-corrected chi connectivity index (χ0v) is 11.7. The third kappa shape index (κ3) is 3.11. The number of carbonyl (C=O) groups is 1. The average molecular weight is 284 g/mol. The van der Waals surface area contributed by atoms with Crippen LogP contribution in [0.3, 0.4) is 0 Å². The molecule has 3 N–H and O–H groups in total. The molecule has 1 aliphatic heterocycles. The molecule has 104 valence electrons. The number of methoxy groups -OCH3 is 1. The number of hydrogen-bond acceptors (Lipinski definition) is 4. The van der Waals surface area contributed by atoms with E-state index in [9.17, 15) is 4.79 Å². The molecule has 0 atom stereocenters. The van der Waals surface area contributed by atoms with Gasteiger partial charge >= 0.3 is 0 Å². The van der Waals surface area contributed by atoms with Gasteiger partial charge in [-0.25, -0.2) is 0 Å². The Labute approximate surface area is 117 Å². The zero-order valence-electron chi connectivity index (χ0n) is 10.9. The number of hydrogen-bond donors (Lipinski definition) is 2. The van der Waals surface area contributed by atoms with Crippen LogP contribution in [0, 0.1) is 0 Å². The summed E-state index contributed by atoms with van der Waals surface area (Å²) in [6.45, 7) is 3.15. The summed E-state index contributed by atoms with van der Waals surface area (Å²) in [5.74, 6) is 0.395. The van der Waals surface area contributed by atoms with Crippen LogP contribution in [0.5, 0.6) is 5.75 Å². The van der Waals surface area contributed by atoms with E-state index in [-0.39, 0.29) is 5.91 Å². The SMILES string of the molecule is COc1cc(N)c(Cl)cc1C(=O)N1CCCNCC1. The Morgan fingerprint density at radius 2 is 2.21 bits per heavy atom. The second kappa shape index (κ2) is 6.12. The van der Waals surface area contributed by atoms with Gasteiger partial charge in [-0.2, -0.15) is 0 Å². The minimum absolute atomic E-state index is 0.0672. The highest BCUT2D eigenvalue weighted by molar-refractivity contribution is 6.33. The fourth-order valence-electron chi connectivity index (χ4n) is 2.12. The monoisotopic (exact) mass is 283 g/mol. The van der Waals surface area contributed by atoms with Gasteiger partial charge in [0, 0.05) is 25.7 Å². The number of halogens is 1. The molecule has 1 amide bonds. The highest BCUT2D eigenvalue weighted by Crippen LogP contribution is 2.29. The van der Waals surface area contributed by atoms with Crippen LogP contribution >= 0.6 is 11.6 Å². The van der Waals surface area contributed by atoms with Gasteiger partial charge in [0.25, 0.3) is 5.91 Å². The van der Waals surface area contributed by atoms with Crippen LogP contribution in [-0.2, 0) is 0 Å². The summed E-state index contributed by atoms with van der Waals surface area (Å²) in [6, 6.07) is 3.17. The third-order valence-electron chi connectivity index (χ3n) is 3.18. The van der Waals surface area contributed by atoms with Crippen LogP contribution < -0.4 is 15.8 Å². The first-order valence-electron chi connectivity index (χ1n) is 6.26. The number of anilines is 1. The quantitative estimate of drug-likeness (QED) is 0.805. The predicted octanol–water partition coefficient (Wildman–Crippen LogP) is 1.37. The summed E-state index contributed by atoms with van der Waals surface area (Å²) >= 11 is 5.99. The van der Waals surface area contributed by atoms with E-state index in [4.69, 9.17) is 22.1 Å². The number of ether oxygens (including phenoxy) is 1. The molecule has 1 saturated heterocycles. The van der Waals surface area contributed by atoms with E-state index in [1.807, 2.05) is 4.90 Å². The van der Waals surface area contributed by atoms with E-state index in [0.717, 1.165) is 26.1 Å². The first kappa shape index (κ1) is 14.0. The second-order valence-corrected chi connectivity index (χ2v) is 4.88. The molecule has 6 heteroatoms. The summed E-state index contributed by atoms with van der Waals surface area (Å²) in [7, 11) is 1.52. The Hall–Kier alpha value is -1.46. The van der Waals surface area contributed by atoms with Crippen molar-refractivity contribution in [3.05, 3.63) is 22.7 Å². The van der Waals surface area contributed by atoms with Crippen molar-refractivity contribution in [1.29, 1.82) is 0 Å². The topological polar surface area (TPSA) is 67.6 Å². The Morgan fingerprint density at radius 1 is 1.42 bits per heavy atom. The molecule has 2 rings (SSSR count). The van der Waals surface area contributed by atoms with Gasteiger partial charge in [-0.3, -0.25) is 4.79 Å². The van der Waals surface area contributed by atoms with Crippen molar-refractivity contribution >= 4 is 23.2 Å². The van der Waals surface area contributed by atoms with Crippen LogP contribution in [0.1, 0.15) is 16.8 Å². The molecule has 1 aromatic rings. The van der Waals surface area contributed by atoms with E-state index >= 15 is 0 Å². The highest BCUT2D eigenvalue weighted by atomic mass is 35.5. The summed E-state index contributed by atoms with van der Waals surface area (Å²) in [5.41, 5.74) is 6.59. The van der Waals surface area contributed by atoms with Gasteiger partial charge in [-0.15, -0.1) is 0 Å². The third-order valence-corrected chi connectivity index (χ3v) is 3.50. The van der Waals surface area contributed by atoms with Crippen molar-refractivity contribution in [3.63, 3.8) is 0 Å². The zero-order chi connectivity index (χ0) is 13.8. The molecule has 1 heterocycles. The van der Waals surface area contributed by atoms with Crippen LogP contribution in [0.15, 0.2) is 12.1 Å². The molecule has 0 aromatic heterocycles. The summed E-state index contributed by atoms with van der Waals surface area (Å²) in [6.07, 6.45) is 0.941. The lowest BCUT2D eigenvalue weighted by atomic mass is 10.1. The molecule has 19 heavy (non-hydrogen) atoms. The normalized spacial score (nSPS) is 16.0. The van der Waals surface area contributed by atoms with E-state index < -0.39 is 0 Å². The number of nitrogen functional groups attached to an aromatic ring is 1. The Kier molecular flexibility index (Phi) is 4.50. The van der Waals surface area contributed by atoms with Crippen molar-refractivity contribution in [2.75, 3.05) is 39.0 Å². The maximum Gasteiger partial charge on any atom is 0.257 e. The van der Waals surface area contributed by atoms with Crippen LogP contribution in [-0.4, -0.2) is 44.1 Å². The molecular weight excluding hydrogens is 266 g/mol. The molecule has 0 saturated carbocycles. The molecule has 0 spiro atoms. The Balaban J connectivity index is 2.29. The Morgan fingerprint density at radius 3 is 2.95 bits per heavy atom. The fourth-order valence-corrected chi connectivity index (χ4v) is 2.29. The van der Waals surface area contributed by atoms with Crippen molar-refractivity contribution in [2.24, 2.45) is 0 Å². The minimum atomic E-state index is -0.0672. The molecule has 0 bridgehead atoms. The van der Waals surface area contributed by atoms with Gasteiger partial charge in [-0.05, 0) is 19.0 Å². The lowest BCUT2D eigenvalue weighted by molar-refractivity contribution is 0.0763. The lowest BCUT2D eigenvalue weighted by Crippen LogP contribution is -2.34. The fraction of sp³-hybridized carbons (Fsp3) is 0.462. The van der Waals surface area contributed by atoms with Gasteiger partial charge in [0.05, 0.1) is 23.4 Å². The number of nitrogens with two attached hydrogens (primary N) is 1. The van der Waals surface area contributed by atoms with Gasteiger partial charge in [0.2, 0.25) is 0 Å². The van der Waals surface area contributed by atoms with E-state index in [1.165, 1.54) is 7.11 Å². The standard InChI is InChI=1S/C13H18ClN3O2/c1-19-12-8-11(15)10(14)7-9(12)13(18)17-5-2-3-16-4-6-17/h7-8,16H,2-6,15H2,1H3. The average Bonchev–Trinajstić information content (AvgIpc) is 2.69. The predicted molar refractivity (Wildman–Crippen MR) is 75.8 cm³/mol. The maximum atomic E-state index is 12.5. The van der Waals surface area contributed by atoms with Crippen LogP contribution in [0.25, 0.3) is 0 Å². The molecule has 0 radical (unpaired) electrons. The van der Waals surface area contributed by atoms with Crippen LogP contribution in [0.4, 0.5) is 5.69 Å². The van der Waals surface area contributed by atoms with E-state index in [2.05, 4.69) is 5.32 Å². The maximum absolute atomic E-state index is 12.5. The Bertz CT molecular complexity index is 471. The van der Waals surface area contributed by atoms with E-state index in [0.29, 0.717) is 28.6 Å². The highest BCUT2D eigenvalue weighted by Gasteiger charge is 2.21. The number of carbonyl (C=O) groups excluding carboxylic acids is 1. The molecule has 1 aromatic carbocycles. The first-order chi connectivity index (χ1) is 9.13. The number of benzene rings is 1. The minimum Gasteiger partial charge on any atom is -0.496 e. The molecule has 0 unspecified atom stereocenters. The van der Waals surface area contributed by atoms with E-state index in [1.54, 1.807) is 12.1 Å². The molecule has 5 nitrogen and oxygen atoms in total. The number of nitrogens with zero attached hydrogens (tertiary/aromatic N) is 1. The summed E-state index contributed by atoms with van der Waals surface area (Å²) in [4.78, 5) is 14.3. The molecular formula is C13H18ClN3O2. The second-order valence-electron chi connectivity index (χ2n) is 4.47. The van der Waals surface area contributed by atoms with Gasteiger partial charge in [0.1, 0.15) is 5.75 Å². The van der Waals surface area contributed by atoms with Crippen molar-refractivity contribution in [1.82, 2.24) is 10.2 Å². The summed E-state index contributed by atoms with van der Waals surface area (Å²) < 4.78 is 5.22. The number of nitrogens with one attached hydrogen (secondary N) is 1. The van der Waals surface area contributed by atoms with Crippen molar-refractivity contribution in [2.45, 2.75) is 6.42 Å².